The predicted octanol–water partition coefficient (Wildman–Crippen LogP) is 2.34. The Bertz CT molecular complexity index is 750. The van der Waals surface area contributed by atoms with Crippen molar-refractivity contribution in [3.63, 3.8) is 0 Å². The van der Waals surface area contributed by atoms with Gasteiger partial charge < -0.3 is 10.5 Å². The number of benzene rings is 1. The molecule has 6 nitrogen and oxygen atoms in total. The number of hydrogen-bond acceptors (Lipinski definition) is 5. The number of nitrogens with one attached hydrogen (secondary N) is 1. The molecule has 1 aromatic carbocycles. The molecule has 0 aliphatic carbocycles. The molecule has 0 saturated carbocycles. The zero-order valence-electron chi connectivity index (χ0n) is 10.6. The lowest BCUT2D eigenvalue weighted by atomic mass is 10.1. The molecule has 6 heteroatoms. The standard InChI is InChI=1S/C13H13N5O/c1-7-3-4-8(2)10(5-7)19-12-9-6-15-18-11(9)16-13(14)17-12/h3-6H,1-2H3,(H3,14,15,16,17,18). The minimum absolute atomic E-state index is 0.150. The highest BCUT2D eigenvalue weighted by Crippen LogP contribution is 2.29. The molecule has 0 spiro atoms. The summed E-state index contributed by atoms with van der Waals surface area (Å²) in [5.74, 6) is 1.31. The van der Waals surface area contributed by atoms with Crippen LogP contribution in [0.4, 0.5) is 5.95 Å². The van der Waals surface area contributed by atoms with E-state index in [-0.39, 0.29) is 5.95 Å². The Balaban J connectivity index is 2.10. The monoisotopic (exact) mass is 255 g/mol. The molecule has 3 aromatic rings. The number of nitrogen functional groups attached to an aromatic ring is 1. The molecular formula is C13H13N5O. The minimum atomic E-state index is 0.150. The Morgan fingerprint density at radius 3 is 2.89 bits per heavy atom. The van der Waals surface area contributed by atoms with Gasteiger partial charge in [0.2, 0.25) is 11.8 Å². The molecule has 0 radical (unpaired) electrons. The molecule has 0 atom stereocenters. The zero-order chi connectivity index (χ0) is 13.4. The third-order valence-electron chi connectivity index (χ3n) is 2.84. The third-order valence-corrected chi connectivity index (χ3v) is 2.84. The zero-order valence-corrected chi connectivity index (χ0v) is 10.6. The Morgan fingerprint density at radius 1 is 1.21 bits per heavy atom. The normalized spacial score (nSPS) is 10.8. The average molecular weight is 255 g/mol. The number of nitrogens with two attached hydrogens (primary N) is 1. The van der Waals surface area contributed by atoms with Crippen LogP contribution in [0.3, 0.4) is 0 Å². The van der Waals surface area contributed by atoms with Crippen LogP contribution in [0.25, 0.3) is 11.0 Å². The van der Waals surface area contributed by atoms with E-state index in [1.54, 1.807) is 6.20 Å². The fourth-order valence-electron chi connectivity index (χ4n) is 1.82. The highest BCUT2D eigenvalue weighted by Gasteiger charge is 2.11. The molecule has 19 heavy (non-hydrogen) atoms. The average Bonchev–Trinajstić information content (AvgIpc) is 2.82. The lowest BCUT2D eigenvalue weighted by molar-refractivity contribution is 0.465. The van der Waals surface area contributed by atoms with Crippen LogP contribution in [-0.2, 0) is 0 Å². The van der Waals surface area contributed by atoms with Gasteiger partial charge in [0.1, 0.15) is 11.1 Å². The summed E-state index contributed by atoms with van der Waals surface area (Å²) in [4.78, 5) is 8.17. The summed E-state index contributed by atoms with van der Waals surface area (Å²) in [7, 11) is 0. The topological polar surface area (TPSA) is 89.7 Å². The molecule has 0 bridgehead atoms. The van der Waals surface area contributed by atoms with Crippen LogP contribution in [0.2, 0.25) is 0 Å². The summed E-state index contributed by atoms with van der Waals surface area (Å²) in [6.07, 6.45) is 1.62. The molecule has 3 rings (SSSR count). The molecule has 0 aliphatic rings. The van der Waals surface area contributed by atoms with Gasteiger partial charge in [-0.1, -0.05) is 12.1 Å². The maximum absolute atomic E-state index is 5.85. The van der Waals surface area contributed by atoms with E-state index < -0.39 is 0 Å². The van der Waals surface area contributed by atoms with Crippen molar-refractivity contribution in [3.8, 4) is 11.6 Å². The van der Waals surface area contributed by atoms with Crippen molar-refractivity contribution in [1.82, 2.24) is 20.2 Å². The van der Waals surface area contributed by atoms with Crippen molar-refractivity contribution in [3.05, 3.63) is 35.5 Å². The van der Waals surface area contributed by atoms with Crippen LogP contribution in [-0.4, -0.2) is 20.2 Å². The third kappa shape index (κ3) is 2.08. The van der Waals surface area contributed by atoms with Gasteiger partial charge in [-0.25, -0.2) is 0 Å². The highest BCUT2D eigenvalue weighted by atomic mass is 16.5. The van der Waals surface area contributed by atoms with Crippen LogP contribution in [0.5, 0.6) is 11.6 Å². The van der Waals surface area contributed by atoms with E-state index in [2.05, 4.69) is 20.2 Å². The van der Waals surface area contributed by atoms with Gasteiger partial charge in [0, 0.05) is 0 Å². The second-order valence-corrected chi connectivity index (χ2v) is 4.39. The van der Waals surface area contributed by atoms with Gasteiger partial charge in [-0.3, -0.25) is 5.10 Å². The number of fused-ring (bicyclic) bond motifs is 1. The Labute approximate surface area is 109 Å². The number of aromatic amines is 1. The van der Waals surface area contributed by atoms with Crippen molar-refractivity contribution in [1.29, 1.82) is 0 Å². The van der Waals surface area contributed by atoms with Crippen molar-refractivity contribution < 1.29 is 4.74 Å². The van der Waals surface area contributed by atoms with E-state index >= 15 is 0 Å². The number of rotatable bonds is 2. The number of H-pyrrole nitrogens is 1. The van der Waals surface area contributed by atoms with Gasteiger partial charge in [-0.2, -0.15) is 15.1 Å². The highest BCUT2D eigenvalue weighted by molar-refractivity contribution is 5.80. The van der Waals surface area contributed by atoms with Gasteiger partial charge >= 0.3 is 0 Å². The van der Waals surface area contributed by atoms with E-state index in [9.17, 15) is 0 Å². The van der Waals surface area contributed by atoms with Crippen LogP contribution >= 0.6 is 0 Å². The lowest BCUT2D eigenvalue weighted by Crippen LogP contribution is -1.98. The molecule has 2 heterocycles. The van der Waals surface area contributed by atoms with Crippen molar-refractivity contribution in [2.45, 2.75) is 13.8 Å². The molecule has 2 aromatic heterocycles. The van der Waals surface area contributed by atoms with Crippen molar-refractivity contribution in [2.24, 2.45) is 0 Å². The van der Waals surface area contributed by atoms with E-state index in [1.165, 1.54) is 0 Å². The summed E-state index contributed by atoms with van der Waals surface area (Å²) in [5, 5.41) is 7.38. The maximum Gasteiger partial charge on any atom is 0.235 e. The fraction of sp³-hybridized carbons (Fsp3) is 0.154. The number of aromatic nitrogens is 4. The first kappa shape index (κ1) is 11.5. The molecule has 0 fully saturated rings. The number of ether oxygens (including phenoxy) is 1. The predicted molar refractivity (Wildman–Crippen MR) is 72.1 cm³/mol. The smallest absolute Gasteiger partial charge is 0.235 e. The Hall–Kier alpha value is -2.63. The number of aryl methyl sites for hydroxylation is 2. The summed E-state index contributed by atoms with van der Waals surface area (Å²) < 4.78 is 5.85. The van der Waals surface area contributed by atoms with Crippen LogP contribution in [0.1, 0.15) is 11.1 Å². The van der Waals surface area contributed by atoms with E-state index in [0.29, 0.717) is 16.9 Å². The summed E-state index contributed by atoms with van der Waals surface area (Å²) >= 11 is 0. The molecule has 0 saturated heterocycles. The van der Waals surface area contributed by atoms with Gasteiger partial charge in [0.15, 0.2) is 5.65 Å². The second-order valence-electron chi connectivity index (χ2n) is 4.39. The van der Waals surface area contributed by atoms with Gasteiger partial charge in [-0.15, -0.1) is 0 Å². The number of anilines is 1. The first-order chi connectivity index (χ1) is 9.13. The second kappa shape index (κ2) is 4.24. The summed E-state index contributed by atoms with van der Waals surface area (Å²) in [6, 6.07) is 5.99. The SMILES string of the molecule is Cc1ccc(C)c(Oc2nc(N)nc3[nH]ncc23)c1. The van der Waals surface area contributed by atoms with Crippen LogP contribution in [0, 0.1) is 13.8 Å². The van der Waals surface area contributed by atoms with E-state index in [0.717, 1.165) is 16.9 Å². The lowest BCUT2D eigenvalue weighted by Gasteiger charge is -2.09. The van der Waals surface area contributed by atoms with Gasteiger partial charge in [-0.05, 0) is 31.0 Å². The Kier molecular flexibility index (Phi) is 2.56. The first-order valence-electron chi connectivity index (χ1n) is 5.85. The maximum atomic E-state index is 5.85. The molecular weight excluding hydrogens is 242 g/mol. The number of nitrogens with zero attached hydrogens (tertiary/aromatic N) is 3. The molecule has 0 unspecified atom stereocenters. The Morgan fingerprint density at radius 2 is 2.05 bits per heavy atom. The quantitative estimate of drug-likeness (QED) is 0.733. The van der Waals surface area contributed by atoms with Crippen LogP contribution in [0.15, 0.2) is 24.4 Å². The molecule has 0 aliphatic heterocycles. The van der Waals surface area contributed by atoms with Crippen LogP contribution < -0.4 is 10.5 Å². The number of hydrogen-bond donors (Lipinski definition) is 2. The van der Waals surface area contributed by atoms with E-state index in [4.69, 9.17) is 10.5 Å². The minimum Gasteiger partial charge on any atom is -0.438 e. The van der Waals surface area contributed by atoms with Gasteiger partial charge in [0.05, 0.1) is 6.20 Å². The molecule has 3 N–H and O–H groups in total. The summed E-state index contributed by atoms with van der Waals surface area (Å²) in [5.41, 5.74) is 8.36. The van der Waals surface area contributed by atoms with E-state index in [1.807, 2.05) is 32.0 Å². The van der Waals surface area contributed by atoms with Crippen molar-refractivity contribution in [2.75, 3.05) is 5.73 Å². The first-order valence-corrected chi connectivity index (χ1v) is 5.85. The largest absolute Gasteiger partial charge is 0.438 e. The molecule has 0 amide bonds. The van der Waals surface area contributed by atoms with Crippen molar-refractivity contribution >= 4 is 17.0 Å². The fourth-order valence-corrected chi connectivity index (χ4v) is 1.82. The summed E-state index contributed by atoms with van der Waals surface area (Å²) in [6.45, 7) is 3.99. The van der Waals surface area contributed by atoms with Gasteiger partial charge in [0.25, 0.3) is 0 Å². The molecule has 96 valence electrons.